The second-order valence-electron chi connectivity index (χ2n) is 7.98. The molecular formula is C26H19F3N4O3S. The smallest absolute Gasteiger partial charge is 0.426 e. The molecule has 0 aliphatic heterocycles. The van der Waals surface area contributed by atoms with Gasteiger partial charge < -0.3 is 9.26 Å². The fraction of sp³-hybridized carbons (Fsp3) is 0.154. The Morgan fingerprint density at radius 3 is 2.54 bits per heavy atom. The third kappa shape index (κ3) is 5.31. The van der Waals surface area contributed by atoms with Crippen molar-refractivity contribution in [2.75, 3.05) is 6.61 Å². The van der Waals surface area contributed by atoms with Gasteiger partial charge in [-0.05, 0) is 24.1 Å². The van der Waals surface area contributed by atoms with Crippen LogP contribution in [-0.2, 0) is 17.5 Å². The molecule has 0 saturated heterocycles. The minimum Gasteiger partial charge on any atom is -0.462 e. The Bertz CT molecular complexity index is 1520. The van der Waals surface area contributed by atoms with E-state index in [1.807, 2.05) is 12.1 Å². The summed E-state index contributed by atoms with van der Waals surface area (Å²) in [5.74, 6) is -0.158. The Kier molecular flexibility index (Phi) is 6.62. The first-order chi connectivity index (χ1) is 17.8. The molecule has 5 rings (SSSR count). The standard InChI is InChI=1S/C26H19F3N4O3S/c1-2-35-25(34)19-13-30-33(15-19)14-16-8-10-18(11-9-16)23-31-24(36-32-23)21-12-20(17-6-4-3-5-7-17)22(37-21)26(27,28)29/h3-13,15H,2,14H2,1H3. The summed E-state index contributed by atoms with van der Waals surface area (Å²) in [6.07, 6.45) is -1.46. The van der Waals surface area contributed by atoms with E-state index in [-0.39, 0.29) is 28.8 Å². The number of hydrogen-bond acceptors (Lipinski definition) is 7. The zero-order chi connectivity index (χ0) is 26.0. The molecule has 0 fully saturated rings. The number of aromatic nitrogens is 4. The number of esters is 1. The normalized spacial score (nSPS) is 11.6. The monoisotopic (exact) mass is 524 g/mol. The lowest BCUT2D eigenvalue weighted by Gasteiger charge is -2.07. The van der Waals surface area contributed by atoms with Gasteiger partial charge in [0, 0.05) is 17.3 Å². The Labute approximate surface area is 213 Å². The van der Waals surface area contributed by atoms with Crippen LogP contribution in [-0.4, -0.2) is 32.5 Å². The number of halogens is 3. The Morgan fingerprint density at radius 1 is 1.08 bits per heavy atom. The number of benzene rings is 2. The first kappa shape index (κ1) is 24.4. The van der Waals surface area contributed by atoms with Crippen molar-refractivity contribution < 1.29 is 27.2 Å². The van der Waals surface area contributed by atoms with Crippen molar-refractivity contribution in [3.05, 3.63) is 89.1 Å². The Morgan fingerprint density at radius 2 is 1.84 bits per heavy atom. The molecule has 0 amide bonds. The largest absolute Gasteiger partial charge is 0.462 e. The summed E-state index contributed by atoms with van der Waals surface area (Å²) in [6, 6.07) is 17.1. The molecule has 3 heterocycles. The van der Waals surface area contributed by atoms with Crippen LogP contribution < -0.4 is 0 Å². The van der Waals surface area contributed by atoms with E-state index in [1.54, 1.807) is 60.3 Å². The van der Waals surface area contributed by atoms with Crippen molar-refractivity contribution in [1.82, 2.24) is 19.9 Å². The first-order valence-electron chi connectivity index (χ1n) is 11.2. The Balaban J connectivity index is 1.35. The molecule has 2 aromatic carbocycles. The maximum atomic E-state index is 13.7. The van der Waals surface area contributed by atoms with Crippen LogP contribution in [0.3, 0.4) is 0 Å². The zero-order valence-corrected chi connectivity index (χ0v) is 20.2. The van der Waals surface area contributed by atoms with Gasteiger partial charge in [-0.25, -0.2) is 4.79 Å². The summed E-state index contributed by atoms with van der Waals surface area (Å²) >= 11 is 0.570. The van der Waals surface area contributed by atoms with Gasteiger partial charge in [-0.3, -0.25) is 4.68 Å². The van der Waals surface area contributed by atoms with E-state index >= 15 is 0 Å². The molecule has 0 unspecified atom stereocenters. The van der Waals surface area contributed by atoms with Crippen LogP contribution in [0, 0.1) is 0 Å². The third-order valence-electron chi connectivity index (χ3n) is 5.41. The number of rotatable bonds is 7. The fourth-order valence-electron chi connectivity index (χ4n) is 3.70. The molecule has 11 heteroatoms. The summed E-state index contributed by atoms with van der Waals surface area (Å²) in [7, 11) is 0. The predicted molar refractivity (Wildman–Crippen MR) is 131 cm³/mol. The van der Waals surface area contributed by atoms with Crippen molar-refractivity contribution in [1.29, 1.82) is 0 Å². The predicted octanol–water partition coefficient (Wildman–Crippen LogP) is 6.57. The molecule has 7 nitrogen and oxygen atoms in total. The average molecular weight is 525 g/mol. The van der Waals surface area contributed by atoms with E-state index in [4.69, 9.17) is 9.26 Å². The van der Waals surface area contributed by atoms with E-state index in [2.05, 4.69) is 15.2 Å². The van der Waals surface area contributed by atoms with Crippen LogP contribution in [0.4, 0.5) is 13.2 Å². The number of ether oxygens (including phenoxy) is 1. The van der Waals surface area contributed by atoms with Crippen LogP contribution in [0.5, 0.6) is 0 Å². The molecule has 188 valence electrons. The highest BCUT2D eigenvalue weighted by molar-refractivity contribution is 7.16. The fourth-order valence-corrected chi connectivity index (χ4v) is 4.67. The second-order valence-corrected chi connectivity index (χ2v) is 9.04. The van der Waals surface area contributed by atoms with Crippen LogP contribution in [0.1, 0.15) is 27.7 Å². The van der Waals surface area contributed by atoms with Crippen molar-refractivity contribution in [2.24, 2.45) is 0 Å². The van der Waals surface area contributed by atoms with Crippen LogP contribution in [0.15, 0.2) is 77.6 Å². The van der Waals surface area contributed by atoms with Gasteiger partial charge in [0.1, 0.15) is 4.88 Å². The molecule has 0 saturated carbocycles. The van der Waals surface area contributed by atoms with Crippen molar-refractivity contribution >= 4 is 17.3 Å². The summed E-state index contributed by atoms with van der Waals surface area (Å²) < 4.78 is 53.1. The number of carbonyl (C=O) groups excluding carboxylic acids is 1. The maximum Gasteiger partial charge on any atom is 0.426 e. The lowest BCUT2D eigenvalue weighted by Crippen LogP contribution is -2.04. The van der Waals surface area contributed by atoms with Gasteiger partial charge in [0.25, 0.3) is 5.89 Å². The highest BCUT2D eigenvalue weighted by atomic mass is 32.1. The summed E-state index contributed by atoms with van der Waals surface area (Å²) in [5, 5.41) is 8.14. The van der Waals surface area contributed by atoms with Gasteiger partial charge in [0.05, 0.1) is 29.8 Å². The molecular weight excluding hydrogens is 505 g/mol. The first-order valence-corrected chi connectivity index (χ1v) is 12.0. The maximum absolute atomic E-state index is 13.7. The topological polar surface area (TPSA) is 83.0 Å². The molecule has 0 atom stereocenters. The second kappa shape index (κ2) is 10.0. The minimum absolute atomic E-state index is 0.0137. The summed E-state index contributed by atoms with van der Waals surface area (Å²) in [6.45, 7) is 2.45. The molecule has 0 aliphatic rings. The molecule has 0 radical (unpaired) electrons. The van der Waals surface area contributed by atoms with Crippen LogP contribution >= 0.6 is 11.3 Å². The third-order valence-corrected chi connectivity index (χ3v) is 6.58. The molecule has 0 N–H and O–H groups in total. The molecule has 37 heavy (non-hydrogen) atoms. The van der Waals surface area contributed by atoms with Crippen molar-refractivity contribution in [3.8, 4) is 33.3 Å². The SMILES string of the molecule is CCOC(=O)c1cnn(Cc2ccc(-c3noc(-c4cc(-c5ccccc5)c(C(F)(F)F)s4)n3)cc2)c1. The number of hydrogen-bond donors (Lipinski definition) is 0. The molecule has 0 aliphatic carbocycles. The van der Waals surface area contributed by atoms with E-state index in [0.717, 1.165) is 5.56 Å². The van der Waals surface area contributed by atoms with Crippen LogP contribution in [0.25, 0.3) is 33.3 Å². The zero-order valence-electron chi connectivity index (χ0n) is 19.4. The van der Waals surface area contributed by atoms with E-state index in [9.17, 15) is 18.0 Å². The molecule has 3 aromatic heterocycles. The number of thiophene rings is 1. The summed E-state index contributed by atoms with van der Waals surface area (Å²) in [4.78, 5) is 15.6. The van der Waals surface area contributed by atoms with E-state index in [1.165, 1.54) is 12.3 Å². The molecule has 0 bridgehead atoms. The van der Waals surface area contributed by atoms with Crippen molar-refractivity contribution in [3.63, 3.8) is 0 Å². The number of nitrogens with zero attached hydrogens (tertiary/aromatic N) is 4. The number of alkyl halides is 3. The Hall–Kier alpha value is -4.25. The van der Waals surface area contributed by atoms with Gasteiger partial charge in [-0.1, -0.05) is 59.8 Å². The lowest BCUT2D eigenvalue weighted by atomic mass is 10.1. The van der Waals surface area contributed by atoms with Crippen LogP contribution in [0.2, 0.25) is 0 Å². The summed E-state index contributed by atoms with van der Waals surface area (Å²) in [5.41, 5.74) is 2.45. The van der Waals surface area contributed by atoms with Gasteiger partial charge in [0.15, 0.2) is 0 Å². The quantitative estimate of drug-likeness (QED) is 0.224. The highest BCUT2D eigenvalue weighted by Gasteiger charge is 2.37. The van der Waals surface area contributed by atoms with E-state index < -0.39 is 17.0 Å². The average Bonchev–Trinajstić information content (AvgIpc) is 3.64. The number of carbonyl (C=O) groups is 1. The van der Waals surface area contributed by atoms with Crippen molar-refractivity contribution in [2.45, 2.75) is 19.6 Å². The highest BCUT2D eigenvalue weighted by Crippen LogP contribution is 2.45. The molecule has 5 aromatic rings. The van der Waals surface area contributed by atoms with Gasteiger partial charge in [-0.15, -0.1) is 11.3 Å². The van der Waals surface area contributed by atoms with Gasteiger partial charge in [-0.2, -0.15) is 23.3 Å². The van der Waals surface area contributed by atoms with Gasteiger partial charge >= 0.3 is 12.1 Å². The lowest BCUT2D eigenvalue weighted by molar-refractivity contribution is -0.133. The van der Waals surface area contributed by atoms with E-state index in [0.29, 0.717) is 34.6 Å². The van der Waals surface area contributed by atoms with Gasteiger partial charge in [0.2, 0.25) is 5.82 Å². The minimum atomic E-state index is -4.52. The molecule has 0 spiro atoms.